The van der Waals surface area contributed by atoms with E-state index in [1.54, 1.807) is 0 Å². The highest BCUT2D eigenvalue weighted by Gasteiger charge is 2.30. The molecule has 3 rings (SSSR count). The highest BCUT2D eigenvalue weighted by molar-refractivity contribution is 6.05. The Kier molecular flexibility index (Phi) is 3.69. The number of carboxylic acids is 1. The molecule has 0 radical (unpaired) electrons. The molecule has 1 atom stereocenters. The summed E-state index contributed by atoms with van der Waals surface area (Å²) in [5.41, 5.74) is 2.82. The first-order valence-corrected chi connectivity index (χ1v) is 6.92. The first kappa shape index (κ1) is 13.4. The van der Waals surface area contributed by atoms with Crippen LogP contribution in [0, 0.1) is 5.92 Å². The molecule has 0 bridgehead atoms. The Balaban J connectivity index is 1.93. The van der Waals surface area contributed by atoms with Gasteiger partial charge in [0.2, 0.25) is 0 Å². The van der Waals surface area contributed by atoms with Crippen LogP contribution in [0.3, 0.4) is 0 Å². The molecule has 2 aromatic rings. The van der Waals surface area contributed by atoms with E-state index in [0.29, 0.717) is 6.54 Å². The van der Waals surface area contributed by atoms with Gasteiger partial charge in [-0.05, 0) is 17.7 Å². The Morgan fingerprint density at radius 2 is 1.71 bits per heavy atom. The van der Waals surface area contributed by atoms with Crippen molar-refractivity contribution in [1.82, 2.24) is 0 Å². The van der Waals surface area contributed by atoms with Crippen LogP contribution < -0.4 is 5.01 Å². The largest absolute Gasteiger partial charge is 0.481 e. The van der Waals surface area contributed by atoms with Crippen LogP contribution in [0.2, 0.25) is 0 Å². The number of rotatable bonds is 4. The summed E-state index contributed by atoms with van der Waals surface area (Å²) in [4.78, 5) is 11.1. The van der Waals surface area contributed by atoms with Gasteiger partial charge in [0, 0.05) is 5.92 Å². The second-order valence-corrected chi connectivity index (χ2v) is 5.06. The Morgan fingerprint density at radius 3 is 2.33 bits per heavy atom. The summed E-state index contributed by atoms with van der Waals surface area (Å²) in [6.07, 6.45) is 0.0943. The molecule has 0 aliphatic carbocycles. The topological polar surface area (TPSA) is 52.9 Å². The quantitative estimate of drug-likeness (QED) is 0.936. The second-order valence-electron chi connectivity index (χ2n) is 5.06. The molecular formula is C17H16N2O2. The zero-order valence-electron chi connectivity index (χ0n) is 11.5. The minimum absolute atomic E-state index is 0.0925. The fourth-order valence-corrected chi connectivity index (χ4v) is 2.59. The van der Waals surface area contributed by atoms with Crippen LogP contribution in [0.25, 0.3) is 0 Å². The predicted molar refractivity (Wildman–Crippen MR) is 82.5 cm³/mol. The highest BCUT2D eigenvalue weighted by Crippen LogP contribution is 2.27. The van der Waals surface area contributed by atoms with Gasteiger partial charge < -0.3 is 5.11 Å². The monoisotopic (exact) mass is 280 g/mol. The number of carboxylic acid groups (broad SMARTS) is 1. The van der Waals surface area contributed by atoms with Crippen molar-refractivity contribution in [2.75, 3.05) is 11.6 Å². The van der Waals surface area contributed by atoms with E-state index < -0.39 is 5.97 Å². The summed E-state index contributed by atoms with van der Waals surface area (Å²) in [6, 6.07) is 19.6. The normalized spacial score (nSPS) is 17.6. The van der Waals surface area contributed by atoms with Crippen molar-refractivity contribution in [2.45, 2.75) is 6.42 Å². The van der Waals surface area contributed by atoms with Crippen molar-refractivity contribution in [3.8, 4) is 0 Å². The van der Waals surface area contributed by atoms with Crippen LogP contribution in [0.5, 0.6) is 0 Å². The smallest absolute Gasteiger partial charge is 0.304 e. The zero-order valence-corrected chi connectivity index (χ0v) is 11.5. The Hall–Kier alpha value is -2.62. The fourth-order valence-electron chi connectivity index (χ4n) is 2.59. The lowest BCUT2D eigenvalue weighted by molar-refractivity contribution is -0.137. The van der Waals surface area contributed by atoms with E-state index in [9.17, 15) is 4.79 Å². The van der Waals surface area contributed by atoms with Gasteiger partial charge in [-0.2, -0.15) is 5.10 Å². The number of anilines is 1. The minimum atomic E-state index is -0.793. The third-order valence-electron chi connectivity index (χ3n) is 3.55. The fraction of sp³-hybridized carbons (Fsp3) is 0.176. The molecule has 21 heavy (non-hydrogen) atoms. The van der Waals surface area contributed by atoms with Gasteiger partial charge in [0.1, 0.15) is 0 Å². The number of hydrogen-bond donors (Lipinski definition) is 1. The molecule has 1 aliphatic rings. The molecule has 0 fully saturated rings. The molecule has 0 saturated heterocycles. The van der Waals surface area contributed by atoms with Crippen molar-refractivity contribution in [3.63, 3.8) is 0 Å². The molecular weight excluding hydrogens is 264 g/mol. The molecule has 1 heterocycles. The van der Waals surface area contributed by atoms with Gasteiger partial charge in [-0.25, -0.2) is 0 Å². The van der Waals surface area contributed by atoms with Crippen LogP contribution in [0.4, 0.5) is 5.69 Å². The average Bonchev–Trinajstić information content (AvgIpc) is 2.92. The molecule has 106 valence electrons. The van der Waals surface area contributed by atoms with Gasteiger partial charge in [0.25, 0.3) is 0 Å². The number of hydrazone groups is 1. The molecule has 1 N–H and O–H groups in total. The summed E-state index contributed by atoms with van der Waals surface area (Å²) in [6.45, 7) is 0.598. The zero-order chi connectivity index (χ0) is 14.7. The predicted octanol–water partition coefficient (Wildman–Crippen LogP) is 3.00. The maximum atomic E-state index is 11.1. The van der Waals surface area contributed by atoms with Gasteiger partial charge in [0.15, 0.2) is 0 Å². The molecule has 1 aliphatic heterocycles. The van der Waals surface area contributed by atoms with Gasteiger partial charge in [-0.1, -0.05) is 48.5 Å². The summed E-state index contributed by atoms with van der Waals surface area (Å²) < 4.78 is 0. The SMILES string of the molecule is O=C(O)CC1CN(c2ccccc2)N=C1c1ccccc1. The molecule has 4 nitrogen and oxygen atoms in total. The molecule has 1 unspecified atom stereocenters. The van der Waals surface area contributed by atoms with E-state index in [1.165, 1.54) is 0 Å². The summed E-state index contributed by atoms with van der Waals surface area (Å²) in [5, 5.41) is 15.7. The maximum Gasteiger partial charge on any atom is 0.304 e. The first-order chi connectivity index (χ1) is 10.2. The molecule has 4 heteroatoms. The molecule has 2 aromatic carbocycles. The van der Waals surface area contributed by atoms with E-state index in [4.69, 9.17) is 5.11 Å². The van der Waals surface area contributed by atoms with Crippen LogP contribution in [-0.2, 0) is 4.79 Å². The van der Waals surface area contributed by atoms with Crippen molar-refractivity contribution < 1.29 is 9.90 Å². The summed E-state index contributed by atoms with van der Waals surface area (Å²) in [5.74, 6) is -0.886. The van der Waals surface area contributed by atoms with E-state index in [2.05, 4.69) is 5.10 Å². The lowest BCUT2D eigenvalue weighted by atomic mass is 9.94. The van der Waals surface area contributed by atoms with Gasteiger partial charge >= 0.3 is 5.97 Å². The van der Waals surface area contributed by atoms with E-state index in [-0.39, 0.29) is 12.3 Å². The Labute approximate surface area is 123 Å². The molecule has 0 saturated carbocycles. The van der Waals surface area contributed by atoms with E-state index >= 15 is 0 Å². The van der Waals surface area contributed by atoms with Crippen molar-refractivity contribution >= 4 is 17.4 Å². The standard InChI is InChI=1S/C17H16N2O2/c20-16(21)11-14-12-19(15-9-5-2-6-10-15)18-17(14)13-7-3-1-4-8-13/h1-10,14H,11-12H2,(H,20,21). The summed E-state index contributed by atoms with van der Waals surface area (Å²) in [7, 11) is 0. The van der Waals surface area contributed by atoms with Crippen LogP contribution in [-0.4, -0.2) is 23.3 Å². The number of aliphatic carboxylic acids is 1. The lowest BCUT2D eigenvalue weighted by Crippen LogP contribution is -2.22. The minimum Gasteiger partial charge on any atom is -0.481 e. The third-order valence-corrected chi connectivity index (χ3v) is 3.55. The Bertz CT molecular complexity index is 653. The van der Waals surface area contributed by atoms with Crippen LogP contribution >= 0.6 is 0 Å². The van der Waals surface area contributed by atoms with Crippen molar-refractivity contribution in [3.05, 3.63) is 66.2 Å². The number of nitrogens with zero attached hydrogens (tertiary/aromatic N) is 2. The van der Waals surface area contributed by atoms with Crippen molar-refractivity contribution in [2.24, 2.45) is 11.0 Å². The number of hydrogen-bond acceptors (Lipinski definition) is 3. The van der Waals surface area contributed by atoms with E-state index in [0.717, 1.165) is 17.0 Å². The Morgan fingerprint density at radius 1 is 1.10 bits per heavy atom. The first-order valence-electron chi connectivity index (χ1n) is 6.92. The van der Waals surface area contributed by atoms with Crippen molar-refractivity contribution in [1.29, 1.82) is 0 Å². The number of para-hydroxylation sites is 1. The number of carbonyl (C=O) groups is 1. The van der Waals surface area contributed by atoms with Crippen LogP contribution in [0.15, 0.2) is 65.8 Å². The molecule has 0 aromatic heterocycles. The summed E-state index contributed by atoms with van der Waals surface area (Å²) >= 11 is 0. The van der Waals surface area contributed by atoms with E-state index in [1.807, 2.05) is 65.7 Å². The maximum absolute atomic E-state index is 11.1. The van der Waals surface area contributed by atoms with Gasteiger partial charge in [0.05, 0.1) is 24.4 Å². The molecule has 0 spiro atoms. The lowest BCUT2D eigenvalue weighted by Gasteiger charge is -2.14. The third kappa shape index (κ3) is 2.94. The van der Waals surface area contributed by atoms with Crippen LogP contribution in [0.1, 0.15) is 12.0 Å². The second kappa shape index (κ2) is 5.79. The average molecular weight is 280 g/mol. The number of benzene rings is 2. The van der Waals surface area contributed by atoms with Gasteiger partial charge in [-0.15, -0.1) is 0 Å². The highest BCUT2D eigenvalue weighted by atomic mass is 16.4. The molecule has 0 amide bonds. The van der Waals surface area contributed by atoms with Gasteiger partial charge in [-0.3, -0.25) is 9.80 Å².